The first-order valence-corrected chi connectivity index (χ1v) is 5.05. The van der Waals surface area contributed by atoms with Gasteiger partial charge in [0.05, 0.1) is 11.3 Å². The molecule has 0 bridgehead atoms. The molecule has 0 aliphatic carbocycles. The summed E-state index contributed by atoms with van der Waals surface area (Å²) in [6.45, 7) is 3.50. The molecule has 0 amide bonds. The van der Waals surface area contributed by atoms with Crippen LogP contribution in [-0.4, -0.2) is 19.9 Å². The van der Waals surface area contributed by atoms with Crippen LogP contribution in [0.3, 0.4) is 0 Å². The lowest BCUT2D eigenvalue weighted by Gasteiger charge is -2.13. The predicted molar refractivity (Wildman–Crippen MR) is 56.3 cm³/mol. The second-order valence-corrected chi connectivity index (χ2v) is 5.34. The van der Waals surface area contributed by atoms with Crippen LogP contribution in [0.1, 0.15) is 25.6 Å². The summed E-state index contributed by atoms with van der Waals surface area (Å²) < 4.78 is -0.707. The fourth-order valence-electron chi connectivity index (χ4n) is 1.03. The number of alkyl halides is 3. The molecule has 1 aromatic rings. The Bertz CT molecular complexity index is 384. The van der Waals surface area contributed by atoms with Crippen LogP contribution in [0.4, 0.5) is 5.82 Å². The summed E-state index contributed by atoms with van der Waals surface area (Å²) in [6.07, 6.45) is 0. The molecule has 0 radical (unpaired) electrons. The zero-order valence-electron chi connectivity index (χ0n) is 7.82. The van der Waals surface area contributed by atoms with Crippen molar-refractivity contribution in [2.45, 2.75) is 23.7 Å². The van der Waals surface area contributed by atoms with Gasteiger partial charge >= 0.3 is 5.82 Å². The molecular weight excluding hydrogens is 266 g/mol. The Labute approximate surface area is 100 Å². The summed E-state index contributed by atoms with van der Waals surface area (Å²) in [6, 6.07) is -0.183. The average molecular weight is 274 g/mol. The van der Waals surface area contributed by atoms with Crippen LogP contribution in [0.15, 0.2) is 0 Å². The highest BCUT2D eigenvalue weighted by Crippen LogP contribution is 2.42. The Morgan fingerprint density at radius 1 is 1.47 bits per heavy atom. The van der Waals surface area contributed by atoms with Crippen molar-refractivity contribution in [2.24, 2.45) is 0 Å². The van der Waals surface area contributed by atoms with Gasteiger partial charge in [0, 0.05) is 0 Å². The normalized spacial score (nSPS) is 12.1. The zero-order valence-corrected chi connectivity index (χ0v) is 10.1. The molecule has 84 valence electrons. The number of rotatable bonds is 2. The third-order valence-electron chi connectivity index (χ3n) is 1.61. The van der Waals surface area contributed by atoms with E-state index in [0.717, 1.165) is 0 Å². The first-order valence-electron chi connectivity index (χ1n) is 3.92. The molecule has 9 heteroatoms. The highest BCUT2D eigenvalue weighted by Gasteiger charge is 2.39. The minimum Gasteiger partial charge on any atom is -0.358 e. The standard InChI is InChI=1S/C6H7Cl3N4O2/c1-3(2)12-4(6(7,8)9)5(10-11-12)13(14)15/h3H,1-2H3. The van der Waals surface area contributed by atoms with Crippen molar-refractivity contribution in [3.05, 3.63) is 15.8 Å². The molecule has 15 heavy (non-hydrogen) atoms. The fourth-order valence-corrected chi connectivity index (χ4v) is 1.54. The number of hydrogen-bond acceptors (Lipinski definition) is 4. The van der Waals surface area contributed by atoms with E-state index in [-0.39, 0.29) is 11.7 Å². The fraction of sp³-hybridized carbons (Fsp3) is 0.667. The maximum Gasteiger partial charge on any atom is 0.418 e. The Morgan fingerprint density at radius 2 is 2.00 bits per heavy atom. The van der Waals surface area contributed by atoms with E-state index in [9.17, 15) is 10.1 Å². The lowest BCUT2D eigenvalue weighted by molar-refractivity contribution is -0.390. The summed E-state index contributed by atoms with van der Waals surface area (Å²) in [5, 5.41) is 17.6. The number of aromatic nitrogens is 3. The molecule has 6 nitrogen and oxygen atoms in total. The minimum absolute atomic E-state index is 0.132. The average Bonchev–Trinajstić information content (AvgIpc) is 2.45. The highest BCUT2D eigenvalue weighted by molar-refractivity contribution is 6.66. The predicted octanol–water partition coefficient (Wildman–Crippen LogP) is 2.59. The Kier molecular flexibility index (Phi) is 3.42. The molecule has 1 rings (SSSR count). The van der Waals surface area contributed by atoms with Crippen LogP contribution >= 0.6 is 34.8 Å². The maximum atomic E-state index is 10.6. The van der Waals surface area contributed by atoms with Gasteiger partial charge < -0.3 is 10.1 Å². The van der Waals surface area contributed by atoms with E-state index >= 15 is 0 Å². The molecule has 0 aliphatic heterocycles. The zero-order chi connectivity index (χ0) is 11.8. The van der Waals surface area contributed by atoms with Gasteiger partial charge in [-0.2, -0.15) is 0 Å². The van der Waals surface area contributed by atoms with E-state index in [1.54, 1.807) is 13.8 Å². The highest BCUT2D eigenvalue weighted by atomic mass is 35.6. The molecule has 0 saturated heterocycles. The Balaban J connectivity index is 3.40. The summed E-state index contributed by atoms with van der Waals surface area (Å²) in [5.74, 6) is -0.538. The van der Waals surface area contributed by atoms with Gasteiger partial charge in [0.2, 0.25) is 3.79 Å². The van der Waals surface area contributed by atoms with Crippen molar-refractivity contribution in [3.8, 4) is 0 Å². The molecule has 0 unspecified atom stereocenters. The third kappa shape index (κ3) is 2.50. The molecule has 0 aliphatic rings. The largest absolute Gasteiger partial charge is 0.418 e. The van der Waals surface area contributed by atoms with E-state index in [0.29, 0.717) is 0 Å². The van der Waals surface area contributed by atoms with Crippen LogP contribution in [0.5, 0.6) is 0 Å². The first-order chi connectivity index (χ1) is 6.75. The van der Waals surface area contributed by atoms with Crippen LogP contribution in [-0.2, 0) is 3.79 Å². The van der Waals surface area contributed by atoms with Crippen molar-refractivity contribution in [1.29, 1.82) is 0 Å². The summed E-state index contributed by atoms with van der Waals surface area (Å²) in [4.78, 5) is 9.89. The molecule has 0 spiro atoms. The smallest absolute Gasteiger partial charge is 0.358 e. The minimum atomic E-state index is -1.92. The van der Waals surface area contributed by atoms with Crippen LogP contribution < -0.4 is 0 Å². The Hall–Kier alpha value is -0.590. The van der Waals surface area contributed by atoms with Crippen molar-refractivity contribution in [3.63, 3.8) is 0 Å². The van der Waals surface area contributed by atoms with Gasteiger partial charge in [-0.15, -0.1) is 0 Å². The summed E-state index contributed by atoms with van der Waals surface area (Å²) in [7, 11) is 0. The molecule has 0 fully saturated rings. The van der Waals surface area contributed by atoms with E-state index < -0.39 is 14.5 Å². The second-order valence-electron chi connectivity index (χ2n) is 3.05. The van der Waals surface area contributed by atoms with Crippen LogP contribution in [0.25, 0.3) is 0 Å². The van der Waals surface area contributed by atoms with Crippen molar-refractivity contribution < 1.29 is 4.92 Å². The van der Waals surface area contributed by atoms with Gasteiger partial charge in [-0.25, -0.2) is 4.68 Å². The SMILES string of the molecule is CC(C)n1nnc([N+](=O)[O-])c1C(Cl)(Cl)Cl. The van der Waals surface area contributed by atoms with Gasteiger partial charge in [-0.1, -0.05) is 34.8 Å². The first kappa shape index (κ1) is 12.5. The van der Waals surface area contributed by atoms with E-state index in [4.69, 9.17) is 34.8 Å². The lowest BCUT2D eigenvalue weighted by Crippen LogP contribution is -2.15. The van der Waals surface area contributed by atoms with E-state index in [1.165, 1.54) is 4.68 Å². The Morgan fingerprint density at radius 3 is 2.33 bits per heavy atom. The molecule has 0 aromatic carbocycles. The number of hydrogen-bond donors (Lipinski definition) is 0. The quantitative estimate of drug-likeness (QED) is 0.471. The van der Waals surface area contributed by atoms with Crippen molar-refractivity contribution in [2.75, 3.05) is 0 Å². The molecule has 1 aromatic heterocycles. The second kappa shape index (κ2) is 4.11. The number of nitro groups is 1. The van der Waals surface area contributed by atoms with Crippen molar-refractivity contribution >= 4 is 40.6 Å². The monoisotopic (exact) mass is 272 g/mol. The molecule has 0 N–H and O–H groups in total. The van der Waals surface area contributed by atoms with Gasteiger partial charge in [-0.05, 0) is 18.8 Å². The van der Waals surface area contributed by atoms with Crippen LogP contribution in [0, 0.1) is 10.1 Å². The molecular formula is C6H7Cl3N4O2. The number of halogens is 3. The number of nitrogens with zero attached hydrogens (tertiary/aromatic N) is 4. The topological polar surface area (TPSA) is 73.8 Å². The van der Waals surface area contributed by atoms with E-state index in [2.05, 4.69) is 10.3 Å². The molecule has 0 atom stereocenters. The van der Waals surface area contributed by atoms with Gasteiger partial charge in [0.15, 0.2) is 5.69 Å². The third-order valence-corrected chi connectivity index (χ3v) is 2.14. The lowest BCUT2D eigenvalue weighted by atomic mass is 10.3. The van der Waals surface area contributed by atoms with Gasteiger partial charge in [-0.3, -0.25) is 0 Å². The van der Waals surface area contributed by atoms with Crippen molar-refractivity contribution in [1.82, 2.24) is 15.0 Å². The summed E-state index contributed by atoms with van der Waals surface area (Å²) >= 11 is 16.9. The van der Waals surface area contributed by atoms with Crippen LogP contribution in [0.2, 0.25) is 0 Å². The van der Waals surface area contributed by atoms with Gasteiger partial charge in [0.1, 0.15) is 5.10 Å². The maximum absolute atomic E-state index is 10.6. The summed E-state index contributed by atoms with van der Waals surface area (Å²) in [5.41, 5.74) is -0.132. The van der Waals surface area contributed by atoms with Gasteiger partial charge in [0.25, 0.3) is 0 Å². The molecule has 1 heterocycles. The molecule has 0 saturated carbocycles. The van der Waals surface area contributed by atoms with E-state index in [1.807, 2.05) is 0 Å².